The Balaban J connectivity index is 2.65. The summed E-state index contributed by atoms with van der Waals surface area (Å²) in [6.45, 7) is 1.72. The molecule has 1 amide bonds. The third-order valence-corrected chi connectivity index (χ3v) is 1.60. The van der Waals surface area contributed by atoms with Crippen molar-refractivity contribution in [2.24, 2.45) is 0 Å². The molecule has 5 nitrogen and oxygen atoms in total. The first kappa shape index (κ1) is 10.5. The van der Waals surface area contributed by atoms with Gasteiger partial charge in [0.05, 0.1) is 17.9 Å². The number of nitrogens with one attached hydrogen (secondary N) is 1. The number of aliphatic hydroxyl groups is 1. The van der Waals surface area contributed by atoms with Gasteiger partial charge in [-0.25, -0.2) is 0 Å². The molecule has 76 valence electrons. The number of hydrogen-bond acceptors (Lipinski definition) is 4. The number of amides is 1. The van der Waals surface area contributed by atoms with Gasteiger partial charge in [-0.05, 0) is 13.0 Å². The van der Waals surface area contributed by atoms with Crippen molar-refractivity contribution in [3.63, 3.8) is 0 Å². The van der Waals surface area contributed by atoms with Gasteiger partial charge in [-0.2, -0.15) is 0 Å². The highest BCUT2D eigenvalue weighted by Gasteiger charge is 2.10. The van der Waals surface area contributed by atoms with E-state index in [4.69, 9.17) is 5.11 Å². The number of aliphatic hydroxyl groups excluding tert-OH is 1. The summed E-state index contributed by atoms with van der Waals surface area (Å²) in [6, 6.07) is 1.41. The van der Waals surface area contributed by atoms with Crippen LogP contribution in [0.15, 0.2) is 18.5 Å². The normalized spacial score (nSPS) is 12.1. The fourth-order valence-electron chi connectivity index (χ4n) is 0.914. The minimum absolute atomic E-state index is 0.153. The number of hydrogen-bond donors (Lipinski definition) is 3. The van der Waals surface area contributed by atoms with Gasteiger partial charge in [-0.3, -0.25) is 9.78 Å². The molecule has 1 aromatic rings. The zero-order valence-electron chi connectivity index (χ0n) is 7.77. The molecular weight excluding hydrogens is 184 g/mol. The molecule has 0 aromatic carbocycles. The predicted molar refractivity (Wildman–Crippen MR) is 49.9 cm³/mol. The van der Waals surface area contributed by atoms with E-state index >= 15 is 0 Å². The van der Waals surface area contributed by atoms with E-state index in [1.807, 2.05) is 0 Å². The van der Waals surface area contributed by atoms with Gasteiger partial charge in [0.15, 0.2) is 0 Å². The number of carbonyl (C=O) groups excluding carboxylic acids is 1. The maximum atomic E-state index is 11.4. The van der Waals surface area contributed by atoms with Crippen molar-refractivity contribution in [1.82, 2.24) is 10.3 Å². The lowest BCUT2D eigenvalue weighted by atomic mass is 10.2. The van der Waals surface area contributed by atoms with E-state index in [-0.39, 0.29) is 17.9 Å². The van der Waals surface area contributed by atoms with Crippen LogP contribution >= 0.6 is 0 Å². The molecular formula is C9H12N2O3. The molecule has 0 radical (unpaired) electrons. The Morgan fingerprint density at radius 1 is 1.71 bits per heavy atom. The Hall–Kier alpha value is -1.62. The molecule has 14 heavy (non-hydrogen) atoms. The molecule has 1 aromatic heterocycles. The first-order valence-corrected chi connectivity index (χ1v) is 4.20. The third kappa shape index (κ3) is 2.70. The zero-order chi connectivity index (χ0) is 10.6. The summed E-state index contributed by atoms with van der Waals surface area (Å²) in [5.41, 5.74) is 0.153. The van der Waals surface area contributed by atoms with Crippen LogP contribution in [-0.4, -0.2) is 33.8 Å². The van der Waals surface area contributed by atoms with Crippen molar-refractivity contribution in [1.29, 1.82) is 0 Å². The van der Waals surface area contributed by atoms with Crippen LogP contribution in [0.2, 0.25) is 0 Å². The standard InChI is InChI=1S/C9H12N2O3/c1-6(12)4-11-9(14)7-2-3-10-5-8(7)13/h2-3,5-6,12-13H,4H2,1H3,(H,11,14)/t6-/m1/s1. The van der Waals surface area contributed by atoms with Gasteiger partial charge in [-0.1, -0.05) is 0 Å². The lowest BCUT2D eigenvalue weighted by Gasteiger charge is -2.07. The van der Waals surface area contributed by atoms with Gasteiger partial charge >= 0.3 is 0 Å². The number of aromatic nitrogens is 1. The van der Waals surface area contributed by atoms with E-state index in [9.17, 15) is 9.90 Å². The number of rotatable bonds is 3. The summed E-state index contributed by atoms with van der Waals surface area (Å²) in [5, 5.41) is 20.7. The van der Waals surface area contributed by atoms with Crippen molar-refractivity contribution in [3.8, 4) is 5.75 Å². The molecule has 1 atom stereocenters. The Bertz CT molecular complexity index is 326. The molecule has 5 heteroatoms. The van der Waals surface area contributed by atoms with Crippen LogP contribution < -0.4 is 5.32 Å². The van der Waals surface area contributed by atoms with E-state index in [1.54, 1.807) is 6.92 Å². The molecule has 1 rings (SSSR count). The lowest BCUT2D eigenvalue weighted by molar-refractivity contribution is 0.0921. The minimum atomic E-state index is -0.608. The molecule has 0 spiro atoms. The van der Waals surface area contributed by atoms with E-state index in [1.165, 1.54) is 18.5 Å². The first-order chi connectivity index (χ1) is 6.61. The maximum Gasteiger partial charge on any atom is 0.255 e. The maximum absolute atomic E-state index is 11.4. The molecule has 0 bridgehead atoms. The molecule has 0 saturated carbocycles. The lowest BCUT2D eigenvalue weighted by Crippen LogP contribution is -2.30. The Kier molecular flexibility index (Phi) is 3.41. The number of nitrogens with zero attached hydrogens (tertiary/aromatic N) is 1. The second kappa shape index (κ2) is 4.57. The molecule has 0 fully saturated rings. The van der Waals surface area contributed by atoms with E-state index in [2.05, 4.69) is 10.3 Å². The average Bonchev–Trinajstić information content (AvgIpc) is 2.15. The van der Waals surface area contributed by atoms with E-state index < -0.39 is 12.0 Å². The van der Waals surface area contributed by atoms with E-state index in [0.717, 1.165) is 0 Å². The Labute approximate surface area is 81.4 Å². The molecule has 0 aliphatic rings. The van der Waals surface area contributed by atoms with Gasteiger partial charge in [0.1, 0.15) is 5.75 Å². The van der Waals surface area contributed by atoms with Crippen LogP contribution in [0.4, 0.5) is 0 Å². The highest BCUT2D eigenvalue weighted by atomic mass is 16.3. The van der Waals surface area contributed by atoms with Crippen LogP contribution in [0.1, 0.15) is 17.3 Å². The summed E-state index contributed by atoms with van der Waals surface area (Å²) >= 11 is 0. The van der Waals surface area contributed by atoms with Crippen molar-refractivity contribution < 1.29 is 15.0 Å². The number of carbonyl (C=O) groups is 1. The second-order valence-electron chi connectivity index (χ2n) is 2.95. The minimum Gasteiger partial charge on any atom is -0.505 e. The molecule has 0 saturated heterocycles. The van der Waals surface area contributed by atoms with Gasteiger partial charge < -0.3 is 15.5 Å². The largest absolute Gasteiger partial charge is 0.505 e. The van der Waals surface area contributed by atoms with E-state index in [0.29, 0.717) is 0 Å². The first-order valence-electron chi connectivity index (χ1n) is 4.20. The van der Waals surface area contributed by atoms with Crippen molar-refractivity contribution in [2.75, 3.05) is 6.54 Å². The van der Waals surface area contributed by atoms with Gasteiger partial charge in [-0.15, -0.1) is 0 Å². The zero-order valence-corrected chi connectivity index (χ0v) is 7.77. The van der Waals surface area contributed by atoms with Crippen molar-refractivity contribution in [2.45, 2.75) is 13.0 Å². The van der Waals surface area contributed by atoms with Crippen LogP contribution in [0.25, 0.3) is 0 Å². The van der Waals surface area contributed by atoms with Crippen LogP contribution in [0.5, 0.6) is 5.75 Å². The highest BCUT2D eigenvalue weighted by Crippen LogP contribution is 2.12. The van der Waals surface area contributed by atoms with Crippen LogP contribution in [0, 0.1) is 0 Å². The van der Waals surface area contributed by atoms with Crippen LogP contribution in [-0.2, 0) is 0 Å². The monoisotopic (exact) mass is 196 g/mol. The molecule has 0 aliphatic carbocycles. The summed E-state index contributed by atoms with van der Waals surface area (Å²) in [6.07, 6.45) is 2.00. The predicted octanol–water partition coefficient (Wildman–Crippen LogP) is -0.102. The summed E-state index contributed by atoms with van der Waals surface area (Å²) in [7, 11) is 0. The Morgan fingerprint density at radius 3 is 3.00 bits per heavy atom. The molecule has 0 aliphatic heterocycles. The Morgan fingerprint density at radius 2 is 2.43 bits per heavy atom. The fourth-order valence-corrected chi connectivity index (χ4v) is 0.914. The summed E-state index contributed by atoms with van der Waals surface area (Å²) in [4.78, 5) is 15.0. The van der Waals surface area contributed by atoms with Crippen LogP contribution in [0.3, 0.4) is 0 Å². The van der Waals surface area contributed by atoms with Gasteiger partial charge in [0.2, 0.25) is 0 Å². The molecule has 1 heterocycles. The highest BCUT2D eigenvalue weighted by molar-refractivity contribution is 5.96. The third-order valence-electron chi connectivity index (χ3n) is 1.60. The summed E-state index contributed by atoms with van der Waals surface area (Å²) < 4.78 is 0. The second-order valence-corrected chi connectivity index (χ2v) is 2.95. The number of aromatic hydroxyl groups is 1. The van der Waals surface area contributed by atoms with Gasteiger partial charge in [0, 0.05) is 12.7 Å². The average molecular weight is 196 g/mol. The topological polar surface area (TPSA) is 82.5 Å². The fraction of sp³-hybridized carbons (Fsp3) is 0.333. The molecule has 3 N–H and O–H groups in total. The number of pyridine rings is 1. The van der Waals surface area contributed by atoms with Crippen molar-refractivity contribution in [3.05, 3.63) is 24.0 Å². The smallest absolute Gasteiger partial charge is 0.255 e. The molecule has 0 unspecified atom stereocenters. The SMILES string of the molecule is C[C@@H](O)CNC(=O)c1ccncc1O. The summed E-state index contributed by atoms with van der Waals surface area (Å²) in [5.74, 6) is -0.596. The van der Waals surface area contributed by atoms with Gasteiger partial charge in [0.25, 0.3) is 5.91 Å². The van der Waals surface area contributed by atoms with Crippen molar-refractivity contribution >= 4 is 5.91 Å². The quantitative estimate of drug-likeness (QED) is 0.630.